The number of fused-ring (bicyclic) bond motifs is 3. The first-order valence-electron chi connectivity index (χ1n) is 5.16. The molecule has 0 radical (unpaired) electrons. The molecule has 1 aliphatic carbocycles. The number of hydrogen-bond acceptors (Lipinski definition) is 2. The van der Waals surface area contributed by atoms with Gasteiger partial charge < -0.3 is 0 Å². The quantitative estimate of drug-likeness (QED) is 0.695. The number of benzene rings is 2. The minimum atomic E-state index is -0.431. The van der Waals surface area contributed by atoms with E-state index in [0.29, 0.717) is 11.1 Å². The Kier molecular flexibility index (Phi) is 2.23. The summed E-state index contributed by atoms with van der Waals surface area (Å²) >= 11 is 3.31. The van der Waals surface area contributed by atoms with Crippen molar-refractivity contribution < 1.29 is 9.59 Å². The van der Waals surface area contributed by atoms with Gasteiger partial charge in [0.2, 0.25) is 11.6 Å². The monoisotopic (exact) mass is 286 g/mol. The van der Waals surface area contributed by atoms with Gasteiger partial charge in [-0.1, -0.05) is 46.3 Å². The Balaban J connectivity index is 2.40. The van der Waals surface area contributed by atoms with Crippen LogP contribution in [-0.4, -0.2) is 11.6 Å². The van der Waals surface area contributed by atoms with E-state index in [1.165, 1.54) is 0 Å². The molecule has 3 rings (SSSR count). The molecule has 0 atom stereocenters. The first-order chi connectivity index (χ1) is 8.18. The molecule has 0 unspecified atom stereocenters. The second-order valence-corrected chi connectivity index (χ2v) is 4.81. The van der Waals surface area contributed by atoms with Crippen molar-refractivity contribution in [2.75, 3.05) is 0 Å². The van der Waals surface area contributed by atoms with Crippen LogP contribution in [0.15, 0.2) is 46.9 Å². The van der Waals surface area contributed by atoms with Crippen LogP contribution in [0.1, 0.15) is 20.7 Å². The van der Waals surface area contributed by atoms with Gasteiger partial charge in [-0.15, -0.1) is 0 Å². The van der Waals surface area contributed by atoms with E-state index in [1.807, 2.05) is 24.3 Å². The fourth-order valence-electron chi connectivity index (χ4n) is 2.10. The van der Waals surface area contributed by atoms with Gasteiger partial charge in [0.25, 0.3) is 0 Å². The van der Waals surface area contributed by atoms with Gasteiger partial charge in [0.1, 0.15) is 0 Å². The van der Waals surface area contributed by atoms with Gasteiger partial charge >= 0.3 is 0 Å². The first-order valence-corrected chi connectivity index (χ1v) is 5.96. The van der Waals surface area contributed by atoms with Crippen molar-refractivity contribution in [3.05, 3.63) is 58.1 Å². The molecule has 82 valence electrons. The molecule has 0 heterocycles. The molecule has 0 aromatic heterocycles. The fourth-order valence-corrected chi connectivity index (χ4v) is 2.46. The Bertz CT molecular complexity index is 659. The third kappa shape index (κ3) is 1.46. The van der Waals surface area contributed by atoms with E-state index in [1.54, 1.807) is 18.2 Å². The lowest BCUT2D eigenvalue weighted by atomic mass is 9.84. The van der Waals surface area contributed by atoms with Crippen molar-refractivity contribution >= 4 is 27.5 Å². The van der Waals surface area contributed by atoms with Crippen molar-refractivity contribution in [1.29, 1.82) is 0 Å². The van der Waals surface area contributed by atoms with Crippen molar-refractivity contribution in [3.8, 4) is 11.1 Å². The molecule has 0 bridgehead atoms. The van der Waals surface area contributed by atoms with E-state index in [0.717, 1.165) is 15.6 Å². The Hall–Kier alpha value is -1.74. The van der Waals surface area contributed by atoms with Gasteiger partial charge in [-0.3, -0.25) is 9.59 Å². The predicted octanol–water partition coefficient (Wildman–Crippen LogP) is 3.50. The zero-order valence-corrected chi connectivity index (χ0v) is 10.3. The van der Waals surface area contributed by atoms with E-state index >= 15 is 0 Å². The van der Waals surface area contributed by atoms with Gasteiger partial charge in [-0.2, -0.15) is 0 Å². The first kappa shape index (κ1) is 10.4. The largest absolute Gasteiger partial charge is 0.285 e. The normalized spacial score (nSPS) is 13.2. The summed E-state index contributed by atoms with van der Waals surface area (Å²) in [6.45, 7) is 0. The van der Waals surface area contributed by atoms with E-state index in [9.17, 15) is 9.59 Å². The lowest BCUT2D eigenvalue weighted by Crippen LogP contribution is -2.21. The molecular formula is C14H7BrO2. The maximum absolute atomic E-state index is 12.0. The van der Waals surface area contributed by atoms with Gasteiger partial charge in [-0.05, 0) is 23.3 Å². The van der Waals surface area contributed by atoms with Crippen LogP contribution in [0, 0.1) is 0 Å². The zero-order chi connectivity index (χ0) is 12.0. The number of halogens is 1. The topological polar surface area (TPSA) is 34.1 Å². The molecule has 2 aromatic rings. The summed E-state index contributed by atoms with van der Waals surface area (Å²) in [7, 11) is 0. The molecule has 1 aliphatic rings. The van der Waals surface area contributed by atoms with Gasteiger partial charge in [0, 0.05) is 15.6 Å². The van der Waals surface area contributed by atoms with Crippen LogP contribution in [0.2, 0.25) is 0 Å². The molecule has 17 heavy (non-hydrogen) atoms. The van der Waals surface area contributed by atoms with E-state index < -0.39 is 11.6 Å². The standard InChI is InChI=1S/C14H7BrO2/c15-8-5-6-10-9-3-1-2-4-11(9)13(16)14(17)12(10)7-8/h1-7H. The Morgan fingerprint density at radius 3 is 2.06 bits per heavy atom. The van der Waals surface area contributed by atoms with Crippen LogP contribution in [0.5, 0.6) is 0 Å². The summed E-state index contributed by atoms with van der Waals surface area (Å²) < 4.78 is 0.803. The van der Waals surface area contributed by atoms with Gasteiger partial charge in [-0.25, -0.2) is 0 Å². The van der Waals surface area contributed by atoms with Crippen molar-refractivity contribution in [2.45, 2.75) is 0 Å². The van der Waals surface area contributed by atoms with E-state index in [-0.39, 0.29) is 0 Å². The lowest BCUT2D eigenvalue weighted by molar-refractivity contribution is 0.0815. The molecule has 0 aliphatic heterocycles. The van der Waals surface area contributed by atoms with Crippen LogP contribution in [0.3, 0.4) is 0 Å². The summed E-state index contributed by atoms with van der Waals surface area (Å²) in [5.74, 6) is -0.855. The predicted molar refractivity (Wildman–Crippen MR) is 68.2 cm³/mol. The summed E-state index contributed by atoms with van der Waals surface area (Å²) in [5, 5.41) is 0. The van der Waals surface area contributed by atoms with E-state index in [4.69, 9.17) is 0 Å². The number of ketones is 2. The van der Waals surface area contributed by atoms with Crippen molar-refractivity contribution in [3.63, 3.8) is 0 Å². The van der Waals surface area contributed by atoms with Crippen LogP contribution < -0.4 is 0 Å². The van der Waals surface area contributed by atoms with Crippen LogP contribution >= 0.6 is 15.9 Å². The van der Waals surface area contributed by atoms with Crippen molar-refractivity contribution in [1.82, 2.24) is 0 Å². The number of carbonyl (C=O) groups excluding carboxylic acids is 2. The number of carbonyl (C=O) groups is 2. The average Bonchev–Trinajstić information content (AvgIpc) is 2.36. The smallest absolute Gasteiger partial charge is 0.234 e. The SMILES string of the molecule is O=C1C(=O)c2cc(Br)ccc2-c2ccccc21. The number of hydrogen-bond donors (Lipinski definition) is 0. The zero-order valence-electron chi connectivity index (χ0n) is 8.74. The highest BCUT2D eigenvalue weighted by Crippen LogP contribution is 2.34. The molecule has 0 amide bonds. The maximum atomic E-state index is 12.0. The highest BCUT2D eigenvalue weighted by atomic mass is 79.9. The Morgan fingerprint density at radius 1 is 0.706 bits per heavy atom. The Labute approximate surface area is 106 Å². The summed E-state index contributed by atoms with van der Waals surface area (Å²) in [6.07, 6.45) is 0. The highest BCUT2D eigenvalue weighted by molar-refractivity contribution is 9.10. The van der Waals surface area contributed by atoms with Crippen LogP contribution in [-0.2, 0) is 0 Å². The highest BCUT2D eigenvalue weighted by Gasteiger charge is 2.29. The molecule has 0 N–H and O–H groups in total. The molecular weight excluding hydrogens is 280 g/mol. The Morgan fingerprint density at radius 2 is 1.29 bits per heavy atom. The molecule has 2 nitrogen and oxygen atoms in total. The minimum absolute atomic E-state index is 0.425. The minimum Gasteiger partial charge on any atom is -0.285 e. The fraction of sp³-hybridized carbons (Fsp3) is 0. The molecule has 0 spiro atoms. The summed E-state index contributed by atoms with van der Waals surface area (Å²) in [5.41, 5.74) is 2.63. The van der Waals surface area contributed by atoms with Gasteiger partial charge in [0.05, 0.1) is 0 Å². The molecule has 0 saturated carbocycles. The third-order valence-electron chi connectivity index (χ3n) is 2.89. The molecule has 2 aromatic carbocycles. The van der Waals surface area contributed by atoms with Crippen LogP contribution in [0.25, 0.3) is 11.1 Å². The second-order valence-electron chi connectivity index (χ2n) is 3.89. The number of rotatable bonds is 0. The maximum Gasteiger partial charge on any atom is 0.234 e. The number of Topliss-reactive ketones (excluding diaryl/α,β-unsaturated/α-hetero) is 2. The third-order valence-corrected chi connectivity index (χ3v) is 3.39. The van der Waals surface area contributed by atoms with Gasteiger partial charge in [0.15, 0.2) is 0 Å². The van der Waals surface area contributed by atoms with Crippen molar-refractivity contribution in [2.24, 2.45) is 0 Å². The molecule has 0 saturated heterocycles. The second kappa shape index (κ2) is 3.64. The molecule has 0 fully saturated rings. The molecule has 3 heteroatoms. The van der Waals surface area contributed by atoms with Crippen LogP contribution in [0.4, 0.5) is 0 Å². The lowest BCUT2D eigenvalue weighted by Gasteiger charge is -2.17. The van der Waals surface area contributed by atoms with E-state index in [2.05, 4.69) is 15.9 Å². The summed E-state index contributed by atoms with van der Waals surface area (Å²) in [6, 6.07) is 12.6. The summed E-state index contributed by atoms with van der Waals surface area (Å²) in [4.78, 5) is 23.9. The average molecular weight is 287 g/mol.